The largest absolute Gasteiger partial charge is 0.349 e. The lowest BCUT2D eigenvalue weighted by atomic mass is 9.80. The van der Waals surface area contributed by atoms with Gasteiger partial charge in [-0.2, -0.15) is 0 Å². The van der Waals surface area contributed by atoms with E-state index in [0.717, 1.165) is 13.0 Å². The molecule has 0 bridgehead atoms. The molecule has 0 saturated carbocycles. The van der Waals surface area contributed by atoms with E-state index in [1.807, 2.05) is 0 Å². The Morgan fingerprint density at radius 1 is 1.64 bits per heavy atom. The third-order valence-electron chi connectivity index (χ3n) is 2.67. The number of nitrogens with zero attached hydrogens (tertiary/aromatic N) is 1. The first-order valence-corrected chi connectivity index (χ1v) is 4.20. The van der Waals surface area contributed by atoms with Crippen LogP contribution in [0.15, 0.2) is 0 Å². The lowest BCUT2D eigenvalue weighted by Crippen LogP contribution is -2.67. The van der Waals surface area contributed by atoms with Crippen molar-refractivity contribution in [1.82, 2.24) is 10.2 Å². The van der Waals surface area contributed by atoms with Crippen LogP contribution in [0.2, 0.25) is 0 Å². The first-order chi connectivity index (χ1) is 5.20. The number of rotatable bonds is 0. The molecule has 0 aromatic heterocycles. The van der Waals surface area contributed by atoms with Gasteiger partial charge in [0.1, 0.15) is 0 Å². The summed E-state index contributed by atoms with van der Waals surface area (Å²) < 4.78 is 0. The predicted octanol–water partition coefficient (Wildman–Crippen LogP) is -0.0293. The Balaban J connectivity index is 1.98. The molecule has 3 heteroatoms. The van der Waals surface area contributed by atoms with Crippen LogP contribution in [-0.2, 0) is 4.79 Å². The lowest BCUT2D eigenvalue weighted by Gasteiger charge is -2.47. The number of likely N-dealkylation sites (N-methyl/N-ethyl adjacent to an activating group) is 1. The SMILES string of the molecule is CN1CCC[C@@]2(CC(=O)N2)C1. The Labute approximate surface area is 66.8 Å². The zero-order valence-electron chi connectivity index (χ0n) is 6.89. The third kappa shape index (κ3) is 1.13. The van der Waals surface area contributed by atoms with Crippen molar-refractivity contribution in [3.63, 3.8) is 0 Å². The molecule has 2 aliphatic rings. The predicted molar refractivity (Wildman–Crippen MR) is 42.2 cm³/mol. The molecule has 2 rings (SSSR count). The molecule has 2 heterocycles. The van der Waals surface area contributed by atoms with Crippen LogP contribution in [0.4, 0.5) is 0 Å². The molecule has 0 aromatic carbocycles. The monoisotopic (exact) mass is 154 g/mol. The summed E-state index contributed by atoms with van der Waals surface area (Å²) in [6, 6.07) is 0. The van der Waals surface area contributed by atoms with Crippen molar-refractivity contribution in [3.8, 4) is 0 Å². The Kier molecular flexibility index (Phi) is 1.42. The minimum atomic E-state index is 0.171. The van der Waals surface area contributed by atoms with Crippen molar-refractivity contribution < 1.29 is 4.79 Å². The molecule has 0 radical (unpaired) electrons. The van der Waals surface area contributed by atoms with Crippen LogP contribution in [0.1, 0.15) is 19.3 Å². The fraction of sp³-hybridized carbons (Fsp3) is 0.875. The van der Waals surface area contributed by atoms with E-state index in [-0.39, 0.29) is 11.4 Å². The molecule has 1 atom stereocenters. The molecule has 2 fully saturated rings. The van der Waals surface area contributed by atoms with E-state index < -0.39 is 0 Å². The van der Waals surface area contributed by atoms with Crippen LogP contribution in [0.5, 0.6) is 0 Å². The molecular weight excluding hydrogens is 140 g/mol. The summed E-state index contributed by atoms with van der Waals surface area (Å²) >= 11 is 0. The molecule has 1 N–H and O–H groups in total. The maximum Gasteiger partial charge on any atom is 0.222 e. The number of carbonyl (C=O) groups excluding carboxylic acids is 1. The zero-order valence-corrected chi connectivity index (χ0v) is 6.89. The highest BCUT2D eigenvalue weighted by molar-refractivity contribution is 5.84. The Morgan fingerprint density at radius 3 is 2.91 bits per heavy atom. The topological polar surface area (TPSA) is 32.3 Å². The second-order valence-corrected chi connectivity index (χ2v) is 3.85. The summed E-state index contributed by atoms with van der Waals surface area (Å²) in [4.78, 5) is 13.0. The van der Waals surface area contributed by atoms with Gasteiger partial charge in [-0.1, -0.05) is 0 Å². The molecule has 2 aliphatic heterocycles. The Hall–Kier alpha value is -0.570. The minimum Gasteiger partial charge on any atom is -0.349 e. The van der Waals surface area contributed by atoms with Crippen LogP contribution in [0.25, 0.3) is 0 Å². The average molecular weight is 154 g/mol. The molecule has 11 heavy (non-hydrogen) atoms. The normalized spacial score (nSPS) is 38.5. The minimum absolute atomic E-state index is 0.171. The first-order valence-electron chi connectivity index (χ1n) is 4.20. The number of piperidine rings is 1. The van der Waals surface area contributed by atoms with Crippen molar-refractivity contribution in [3.05, 3.63) is 0 Å². The average Bonchev–Trinajstić information content (AvgIpc) is 1.84. The summed E-state index contributed by atoms with van der Waals surface area (Å²) in [5.74, 6) is 0.223. The molecule has 3 nitrogen and oxygen atoms in total. The van der Waals surface area contributed by atoms with E-state index >= 15 is 0 Å². The maximum atomic E-state index is 10.7. The first kappa shape index (κ1) is 7.10. The van der Waals surface area contributed by atoms with Gasteiger partial charge in [0.05, 0.1) is 12.0 Å². The van der Waals surface area contributed by atoms with Gasteiger partial charge in [0.15, 0.2) is 0 Å². The quantitative estimate of drug-likeness (QED) is 0.497. The second kappa shape index (κ2) is 2.21. The number of likely N-dealkylation sites (tertiary alicyclic amines) is 1. The summed E-state index contributed by atoms with van der Waals surface area (Å²) in [6.07, 6.45) is 3.14. The van der Waals surface area contributed by atoms with Gasteiger partial charge in [-0.25, -0.2) is 0 Å². The van der Waals surface area contributed by atoms with Crippen LogP contribution < -0.4 is 5.32 Å². The standard InChI is InChI=1S/C8H14N2O/c1-10-4-2-3-8(6-10)5-7(11)9-8/h2-6H2,1H3,(H,9,11)/t8-/m1/s1. The van der Waals surface area contributed by atoms with Gasteiger partial charge in [-0.05, 0) is 26.4 Å². The van der Waals surface area contributed by atoms with Gasteiger partial charge >= 0.3 is 0 Å². The fourth-order valence-corrected chi connectivity index (χ4v) is 2.19. The number of hydrogen-bond donors (Lipinski definition) is 1. The summed E-state index contributed by atoms with van der Waals surface area (Å²) in [5, 5.41) is 3.01. The van der Waals surface area contributed by atoms with E-state index in [2.05, 4.69) is 17.3 Å². The highest BCUT2D eigenvalue weighted by Crippen LogP contribution is 2.29. The highest BCUT2D eigenvalue weighted by Gasteiger charge is 2.44. The maximum absolute atomic E-state index is 10.7. The van der Waals surface area contributed by atoms with Gasteiger partial charge in [0.25, 0.3) is 0 Å². The Morgan fingerprint density at radius 2 is 2.36 bits per heavy atom. The van der Waals surface area contributed by atoms with Crippen molar-refractivity contribution in [2.45, 2.75) is 24.8 Å². The smallest absolute Gasteiger partial charge is 0.222 e. The number of amides is 1. The lowest BCUT2D eigenvalue weighted by molar-refractivity contribution is -0.134. The number of carbonyl (C=O) groups is 1. The summed E-state index contributed by atoms with van der Waals surface area (Å²) in [6.45, 7) is 2.22. The van der Waals surface area contributed by atoms with Gasteiger partial charge in [-0.15, -0.1) is 0 Å². The van der Waals surface area contributed by atoms with Gasteiger partial charge < -0.3 is 10.2 Å². The van der Waals surface area contributed by atoms with Crippen LogP contribution in [0, 0.1) is 0 Å². The van der Waals surface area contributed by atoms with Crippen molar-refractivity contribution >= 4 is 5.91 Å². The third-order valence-corrected chi connectivity index (χ3v) is 2.67. The van der Waals surface area contributed by atoms with E-state index in [9.17, 15) is 4.79 Å². The summed E-state index contributed by atoms with van der Waals surface area (Å²) in [7, 11) is 2.12. The van der Waals surface area contributed by atoms with E-state index in [4.69, 9.17) is 0 Å². The van der Waals surface area contributed by atoms with E-state index in [1.165, 1.54) is 19.4 Å². The highest BCUT2D eigenvalue weighted by atomic mass is 16.2. The van der Waals surface area contributed by atoms with Gasteiger partial charge in [0, 0.05) is 6.54 Å². The number of nitrogens with one attached hydrogen (secondary N) is 1. The van der Waals surface area contributed by atoms with Gasteiger partial charge in [0.2, 0.25) is 5.91 Å². The van der Waals surface area contributed by atoms with Crippen LogP contribution >= 0.6 is 0 Å². The number of β-lactam (4-membered cyclic amide) rings is 1. The molecule has 1 spiro atoms. The molecule has 2 saturated heterocycles. The molecule has 0 unspecified atom stereocenters. The molecule has 0 aromatic rings. The van der Waals surface area contributed by atoms with E-state index in [1.54, 1.807) is 0 Å². The number of hydrogen-bond acceptors (Lipinski definition) is 2. The summed E-state index contributed by atoms with van der Waals surface area (Å²) in [5.41, 5.74) is 0.171. The van der Waals surface area contributed by atoms with Gasteiger partial charge in [-0.3, -0.25) is 4.79 Å². The second-order valence-electron chi connectivity index (χ2n) is 3.85. The van der Waals surface area contributed by atoms with Crippen molar-refractivity contribution in [1.29, 1.82) is 0 Å². The van der Waals surface area contributed by atoms with Crippen molar-refractivity contribution in [2.24, 2.45) is 0 Å². The van der Waals surface area contributed by atoms with E-state index in [0.29, 0.717) is 0 Å². The molecule has 1 amide bonds. The van der Waals surface area contributed by atoms with Crippen LogP contribution in [-0.4, -0.2) is 36.5 Å². The zero-order chi connectivity index (χ0) is 7.90. The Bertz CT molecular complexity index is 183. The molecule has 0 aliphatic carbocycles. The molecular formula is C8H14N2O. The van der Waals surface area contributed by atoms with Crippen LogP contribution in [0.3, 0.4) is 0 Å². The molecule has 62 valence electrons. The fourth-order valence-electron chi connectivity index (χ4n) is 2.19. The van der Waals surface area contributed by atoms with Crippen molar-refractivity contribution in [2.75, 3.05) is 20.1 Å².